The highest BCUT2D eigenvalue weighted by atomic mass is 35.5. The van der Waals surface area contributed by atoms with Crippen molar-refractivity contribution in [1.82, 2.24) is 14.7 Å². The van der Waals surface area contributed by atoms with Crippen molar-refractivity contribution < 1.29 is 14.4 Å². The molecule has 1 aliphatic heterocycles. The number of carbonyl (C=O) groups is 3. The van der Waals surface area contributed by atoms with Crippen LogP contribution in [0.5, 0.6) is 0 Å². The molecular weight excluding hydrogens is 404 g/mol. The summed E-state index contributed by atoms with van der Waals surface area (Å²) in [6, 6.07) is 15.8. The van der Waals surface area contributed by atoms with E-state index in [-0.39, 0.29) is 37.1 Å². The lowest BCUT2D eigenvalue weighted by molar-refractivity contribution is -0.139. The summed E-state index contributed by atoms with van der Waals surface area (Å²) in [5, 5.41) is 7.87. The molecule has 1 aliphatic rings. The standard InChI is InChI=1S/C22H19ClN4O3/c1-14-11-19(27(25-14)18-4-2-3-17(23)12-18)24-22(30)16-7-5-15(6-8-16)13-26-20(28)9-10-21(26)29/h2-8,11-12H,9-10,13H2,1H3,(H,24,30). The topological polar surface area (TPSA) is 84.3 Å². The molecule has 4 rings (SSSR count). The molecular formula is C22H19ClN4O3. The van der Waals surface area contributed by atoms with Gasteiger partial charge >= 0.3 is 0 Å². The molecule has 0 radical (unpaired) electrons. The largest absolute Gasteiger partial charge is 0.306 e. The summed E-state index contributed by atoms with van der Waals surface area (Å²) >= 11 is 6.08. The van der Waals surface area contributed by atoms with Gasteiger partial charge in [-0.05, 0) is 42.8 Å². The number of anilines is 1. The van der Waals surface area contributed by atoms with Crippen molar-refractivity contribution in [3.8, 4) is 5.69 Å². The van der Waals surface area contributed by atoms with Crippen LogP contribution in [-0.2, 0) is 16.1 Å². The maximum absolute atomic E-state index is 12.7. The molecule has 1 fully saturated rings. The summed E-state index contributed by atoms with van der Waals surface area (Å²) in [7, 11) is 0. The van der Waals surface area contributed by atoms with E-state index in [0.717, 1.165) is 16.9 Å². The Morgan fingerprint density at radius 1 is 1.07 bits per heavy atom. The maximum atomic E-state index is 12.7. The summed E-state index contributed by atoms with van der Waals surface area (Å²) < 4.78 is 1.62. The van der Waals surface area contributed by atoms with E-state index in [9.17, 15) is 14.4 Å². The first-order valence-electron chi connectivity index (χ1n) is 9.47. The van der Waals surface area contributed by atoms with Crippen LogP contribution in [0.2, 0.25) is 5.02 Å². The van der Waals surface area contributed by atoms with E-state index in [1.165, 1.54) is 4.90 Å². The van der Waals surface area contributed by atoms with Gasteiger partial charge in [0.1, 0.15) is 5.82 Å². The van der Waals surface area contributed by atoms with E-state index < -0.39 is 0 Å². The van der Waals surface area contributed by atoms with Crippen LogP contribution in [0.3, 0.4) is 0 Å². The number of hydrogen-bond acceptors (Lipinski definition) is 4. The van der Waals surface area contributed by atoms with Crippen molar-refractivity contribution in [3.63, 3.8) is 0 Å². The molecule has 3 amide bonds. The van der Waals surface area contributed by atoms with Gasteiger partial charge < -0.3 is 5.32 Å². The zero-order chi connectivity index (χ0) is 21.3. The summed E-state index contributed by atoms with van der Waals surface area (Å²) in [5.41, 5.74) is 2.73. The van der Waals surface area contributed by atoms with Crippen LogP contribution in [-0.4, -0.2) is 32.4 Å². The van der Waals surface area contributed by atoms with E-state index in [1.807, 2.05) is 19.1 Å². The quantitative estimate of drug-likeness (QED) is 0.635. The molecule has 0 unspecified atom stereocenters. The van der Waals surface area contributed by atoms with Gasteiger partial charge in [0.2, 0.25) is 11.8 Å². The summed E-state index contributed by atoms with van der Waals surface area (Å²) in [6.45, 7) is 2.06. The van der Waals surface area contributed by atoms with Gasteiger partial charge in [-0.15, -0.1) is 0 Å². The predicted molar refractivity (Wildman–Crippen MR) is 112 cm³/mol. The first-order chi connectivity index (χ1) is 14.4. The predicted octanol–water partition coefficient (Wildman–Crippen LogP) is 3.74. The number of benzene rings is 2. The Morgan fingerprint density at radius 3 is 2.43 bits per heavy atom. The number of nitrogens with one attached hydrogen (secondary N) is 1. The second kappa shape index (κ2) is 8.12. The Balaban J connectivity index is 1.50. The molecule has 7 nitrogen and oxygen atoms in total. The van der Waals surface area contributed by atoms with Crippen molar-refractivity contribution in [2.75, 3.05) is 5.32 Å². The fraction of sp³-hybridized carbons (Fsp3) is 0.182. The van der Waals surface area contributed by atoms with Crippen LogP contribution in [0.25, 0.3) is 5.69 Å². The number of halogens is 1. The van der Waals surface area contributed by atoms with Gasteiger partial charge in [0.05, 0.1) is 17.9 Å². The number of likely N-dealkylation sites (tertiary alicyclic amines) is 1. The zero-order valence-electron chi connectivity index (χ0n) is 16.3. The van der Waals surface area contributed by atoms with Crippen LogP contribution in [0.1, 0.15) is 34.5 Å². The second-order valence-corrected chi connectivity index (χ2v) is 7.52. The van der Waals surface area contributed by atoms with Crippen molar-refractivity contribution >= 4 is 35.1 Å². The molecule has 152 valence electrons. The third-order valence-electron chi connectivity index (χ3n) is 4.84. The molecule has 0 saturated carbocycles. The minimum absolute atomic E-state index is 0.161. The number of hydrogen-bond donors (Lipinski definition) is 1. The minimum atomic E-state index is -0.293. The Morgan fingerprint density at radius 2 is 1.77 bits per heavy atom. The molecule has 0 atom stereocenters. The molecule has 2 heterocycles. The Hall–Kier alpha value is -3.45. The monoisotopic (exact) mass is 422 g/mol. The van der Waals surface area contributed by atoms with Gasteiger partial charge in [0.25, 0.3) is 5.91 Å². The molecule has 30 heavy (non-hydrogen) atoms. The van der Waals surface area contributed by atoms with E-state index in [2.05, 4.69) is 10.4 Å². The van der Waals surface area contributed by atoms with Gasteiger partial charge in [0.15, 0.2) is 0 Å². The van der Waals surface area contributed by atoms with E-state index >= 15 is 0 Å². The molecule has 8 heteroatoms. The SMILES string of the molecule is Cc1cc(NC(=O)c2ccc(CN3C(=O)CCC3=O)cc2)n(-c2cccc(Cl)c2)n1. The normalized spacial score (nSPS) is 13.7. The first-order valence-corrected chi connectivity index (χ1v) is 9.84. The Labute approximate surface area is 178 Å². The molecule has 1 saturated heterocycles. The molecule has 3 aromatic rings. The van der Waals surface area contributed by atoms with Crippen LogP contribution >= 0.6 is 11.6 Å². The van der Waals surface area contributed by atoms with Crippen LogP contribution in [0, 0.1) is 6.92 Å². The second-order valence-electron chi connectivity index (χ2n) is 7.09. The highest BCUT2D eigenvalue weighted by Crippen LogP contribution is 2.21. The lowest BCUT2D eigenvalue weighted by Crippen LogP contribution is -2.28. The smallest absolute Gasteiger partial charge is 0.256 e. The molecule has 1 N–H and O–H groups in total. The fourth-order valence-electron chi connectivity index (χ4n) is 3.33. The average molecular weight is 423 g/mol. The molecule has 0 aliphatic carbocycles. The fourth-order valence-corrected chi connectivity index (χ4v) is 3.51. The summed E-state index contributed by atoms with van der Waals surface area (Å²) in [6.07, 6.45) is 0.526. The maximum Gasteiger partial charge on any atom is 0.256 e. The number of amides is 3. The molecule has 0 bridgehead atoms. The van der Waals surface area contributed by atoms with Crippen molar-refractivity contribution in [2.24, 2.45) is 0 Å². The lowest BCUT2D eigenvalue weighted by atomic mass is 10.1. The van der Waals surface area contributed by atoms with E-state index in [0.29, 0.717) is 16.4 Å². The first kappa shape index (κ1) is 19.8. The number of aryl methyl sites for hydroxylation is 1. The third kappa shape index (κ3) is 4.11. The number of nitrogens with zero attached hydrogens (tertiary/aromatic N) is 3. The highest BCUT2D eigenvalue weighted by Gasteiger charge is 2.28. The number of rotatable bonds is 5. The number of imide groups is 1. The van der Waals surface area contributed by atoms with Crippen molar-refractivity contribution in [3.05, 3.63) is 76.4 Å². The average Bonchev–Trinajstić information content (AvgIpc) is 3.25. The zero-order valence-corrected chi connectivity index (χ0v) is 17.0. The van der Waals surface area contributed by atoms with Crippen LogP contribution < -0.4 is 5.32 Å². The molecule has 2 aromatic carbocycles. The van der Waals surface area contributed by atoms with Gasteiger partial charge in [0, 0.05) is 29.5 Å². The Bertz CT molecular complexity index is 1120. The summed E-state index contributed by atoms with van der Waals surface area (Å²) in [4.78, 5) is 37.5. The van der Waals surface area contributed by atoms with E-state index in [4.69, 9.17) is 11.6 Å². The third-order valence-corrected chi connectivity index (χ3v) is 5.07. The number of aromatic nitrogens is 2. The van der Waals surface area contributed by atoms with Gasteiger partial charge in [-0.2, -0.15) is 5.10 Å². The van der Waals surface area contributed by atoms with E-state index in [1.54, 1.807) is 47.1 Å². The summed E-state index contributed by atoms with van der Waals surface area (Å²) in [5.74, 6) is -0.0897. The lowest BCUT2D eigenvalue weighted by Gasteiger charge is -2.14. The van der Waals surface area contributed by atoms with Crippen molar-refractivity contribution in [2.45, 2.75) is 26.3 Å². The van der Waals surface area contributed by atoms with Gasteiger partial charge in [-0.25, -0.2) is 4.68 Å². The van der Waals surface area contributed by atoms with Crippen molar-refractivity contribution in [1.29, 1.82) is 0 Å². The van der Waals surface area contributed by atoms with Gasteiger partial charge in [-0.1, -0.05) is 29.8 Å². The molecule has 1 aromatic heterocycles. The minimum Gasteiger partial charge on any atom is -0.306 e. The molecule has 0 spiro atoms. The Kier molecular flexibility index (Phi) is 5.37. The van der Waals surface area contributed by atoms with Crippen LogP contribution in [0.4, 0.5) is 5.82 Å². The van der Waals surface area contributed by atoms with Gasteiger partial charge in [-0.3, -0.25) is 19.3 Å². The number of carbonyl (C=O) groups excluding carboxylic acids is 3. The highest BCUT2D eigenvalue weighted by molar-refractivity contribution is 6.30. The van der Waals surface area contributed by atoms with Crippen LogP contribution in [0.15, 0.2) is 54.6 Å².